The van der Waals surface area contributed by atoms with Crippen molar-refractivity contribution in [3.63, 3.8) is 0 Å². The van der Waals surface area contributed by atoms with Crippen molar-refractivity contribution in [2.45, 2.75) is 78.9 Å². The lowest BCUT2D eigenvalue weighted by molar-refractivity contribution is 0.243. The highest BCUT2D eigenvalue weighted by Crippen LogP contribution is 2.35. The lowest BCUT2D eigenvalue weighted by Gasteiger charge is -2.24. The van der Waals surface area contributed by atoms with Gasteiger partial charge in [-0.05, 0) is 73.2 Å². The number of nitrogens with one attached hydrogen (secondary N) is 3. The Kier molecular flexibility index (Phi) is 9.40. The van der Waals surface area contributed by atoms with Crippen LogP contribution in [0.2, 0.25) is 0 Å². The number of phenolic OH excluding ortho intramolecular Hbond substituents is 1. The summed E-state index contributed by atoms with van der Waals surface area (Å²) in [6.45, 7) is 12.6. The molecule has 0 aliphatic heterocycles. The van der Waals surface area contributed by atoms with Gasteiger partial charge in [0.05, 0.1) is 6.10 Å². The van der Waals surface area contributed by atoms with Gasteiger partial charge in [0.2, 0.25) is 0 Å². The molecule has 2 amide bonds. The second kappa shape index (κ2) is 13.0. The number of hydrogen-bond acceptors (Lipinski definition) is 5. The maximum Gasteiger partial charge on any atom is 0.323 e. The standard InChI is InChI=1S/C33H41N5O4/c1-7-8-15-38-20-23(26-19-25(39)10-12-30(26)42-21(2)3)18-29(31(38)40)36-32(41)35-28-17-22(16-24-13-14-34-37-24)9-11-27(28)33(4,5)6/h9-14,17-21,39H,7-8,15-16H2,1-6H3,(H,34,37)(H2,35,36,41). The smallest absolute Gasteiger partial charge is 0.323 e. The molecule has 4 aromatic rings. The predicted octanol–water partition coefficient (Wildman–Crippen LogP) is 7.06. The Morgan fingerprint density at radius 3 is 2.50 bits per heavy atom. The number of H-pyrrole nitrogens is 1. The molecule has 2 aromatic carbocycles. The number of aromatic hydroxyl groups is 1. The van der Waals surface area contributed by atoms with Crippen molar-refractivity contribution in [3.05, 3.63) is 88.1 Å². The number of unbranched alkanes of at least 4 members (excludes halogenated alkanes) is 1. The van der Waals surface area contributed by atoms with Gasteiger partial charge in [0.1, 0.15) is 17.2 Å². The Bertz CT molecular complexity index is 1580. The number of rotatable bonds is 10. The van der Waals surface area contributed by atoms with Crippen LogP contribution < -0.4 is 20.9 Å². The number of benzene rings is 2. The minimum atomic E-state index is -0.523. The number of carbonyl (C=O) groups excluding carboxylic acids is 1. The van der Waals surface area contributed by atoms with Gasteiger partial charge < -0.3 is 25.0 Å². The van der Waals surface area contributed by atoms with Crippen molar-refractivity contribution in [1.82, 2.24) is 14.8 Å². The van der Waals surface area contributed by atoms with E-state index in [9.17, 15) is 14.7 Å². The molecule has 0 spiro atoms. The normalized spacial score (nSPS) is 11.5. The van der Waals surface area contributed by atoms with E-state index in [0.29, 0.717) is 35.5 Å². The Morgan fingerprint density at radius 1 is 1.07 bits per heavy atom. The predicted molar refractivity (Wildman–Crippen MR) is 168 cm³/mol. The van der Waals surface area contributed by atoms with Gasteiger partial charge in [-0.3, -0.25) is 9.89 Å². The molecular weight excluding hydrogens is 530 g/mol. The molecule has 0 saturated heterocycles. The van der Waals surface area contributed by atoms with Gasteiger partial charge in [0.15, 0.2) is 0 Å². The summed E-state index contributed by atoms with van der Waals surface area (Å²) in [4.78, 5) is 26.9. The summed E-state index contributed by atoms with van der Waals surface area (Å²) in [5, 5.41) is 23.1. The van der Waals surface area contributed by atoms with Gasteiger partial charge in [0, 0.05) is 47.9 Å². The number of carbonyl (C=O) groups is 1. The maximum absolute atomic E-state index is 13.5. The molecule has 2 heterocycles. The van der Waals surface area contributed by atoms with Crippen molar-refractivity contribution in [2.24, 2.45) is 0 Å². The number of aromatic amines is 1. The molecule has 0 unspecified atom stereocenters. The second-order valence-corrected chi connectivity index (χ2v) is 11.8. The average Bonchev–Trinajstić information content (AvgIpc) is 3.42. The SMILES string of the molecule is CCCCn1cc(-c2cc(O)ccc2OC(C)C)cc(NC(=O)Nc2cc(Cc3ccn[nH]3)ccc2C(C)(C)C)c1=O. The van der Waals surface area contributed by atoms with E-state index in [-0.39, 0.29) is 28.5 Å². The Labute approximate surface area is 247 Å². The van der Waals surface area contributed by atoms with Gasteiger partial charge in [-0.2, -0.15) is 5.10 Å². The number of pyridine rings is 1. The molecule has 9 nitrogen and oxygen atoms in total. The van der Waals surface area contributed by atoms with Crippen LogP contribution in [-0.2, 0) is 18.4 Å². The van der Waals surface area contributed by atoms with E-state index in [2.05, 4.69) is 48.5 Å². The van der Waals surface area contributed by atoms with E-state index in [1.165, 1.54) is 0 Å². The average molecular weight is 572 g/mol. The Hall–Kier alpha value is -4.53. The van der Waals surface area contributed by atoms with Crippen LogP contribution in [0.15, 0.2) is 65.7 Å². The van der Waals surface area contributed by atoms with Crippen molar-refractivity contribution in [2.75, 3.05) is 10.6 Å². The molecule has 0 atom stereocenters. The van der Waals surface area contributed by atoms with Crippen LogP contribution in [0.25, 0.3) is 11.1 Å². The van der Waals surface area contributed by atoms with Crippen LogP contribution >= 0.6 is 0 Å². The first kappa shape index (κ1) is 30.4. The molecule has 0 fully saturated rings. The summed E-state index contributed by atoms with van der Waals surface area (Å²) < 4.78 is 7.60. The fourth-order valence-corrected chi connectivity index (χ4v) is 4.81. The third-order valence-electron chi connectivity index (χ3n) is 6.82. The van der Waals surface area contributed by atoms with E-state index in [0.717, 1.165) is 29.7 Å². The summed E-state index contributed by atoms with van der Waals surface area (Å²) in [5.74, 6) is 0.646. The molecule has 0 radical (unpaired) electrons. The summed E-state index contributed by atoms with van der Waals surface area (Å²) in [6, 6.07) is 13.9. The first-order valence-electron chi connectivity index (χ1n) is 14.4. The number of anilines is 2. The number of aromatic nitrogens is 3. The molecule has 4 N–H and O–H groups in total. The molecule has 2 aromatic heterocycles. The van der Waals surface area contributed by atoms with Crippen molar-refractivity contribution >= 4 is 17.4 Å². The minimum Gasteiger partial charge on any atom is -0.508 e. The van der Waals surface area contributed by atoms with E-state index >= 15 is 0 Å². The molecule has 0 aliphatic carbocycles. The number of ether oxygens (including phenoxy) is 1. The zero-order valence-corrected chi connectivity index (χ0v) is 25.2. The highest BCUT2D eigenvalue weighted by Gasteiger charge is 2.21. The topological polar surface area (TPSA) is 121 Å². The van der Waals surface area contributed by atoms with Crippen molar-refractivity contribution in [1.29, 1.82) is 0 Å². The third kappa shape index (κ3) is 7.60. The number of urea groups is 1. The second-order valence-electron chi connectivity index (χ2n) is 11.8. The minimum absolute atomic E-state index is 0.0735. The van der Waals surface area contributed by atoms with Crippen LogP contribution in [0.5, 0.6) is 11.5 Å². The molecule has 222 valence electrons. The lowest BCUT2D eigenvalue weighted by atomic mass is 9.85. The molecule has 4 rings (SSSR count). The largest absolute Gasteiger partial charge is 0.508 e. The van der Waals surface area contributed by atoms with Gasteiger partial charge in [-0.1, -0.05) is 46.2 Å². The van der Waals surface area contributed by atoms with Crippen LogP contribution in [0.1, 0.15) is 71.2 Å². The number of phenols is 1. The fraction of sp³-hybridized carbons (Fsp3) is 0.364. The van der Waals surface area contributed by atoms with Crippen molar-refractivity contribution in [3.8, 4) is 22.6 Å². The van der Waals surface area contributed by atoms with E-state index < -0.39 is 6.03 Å². The highest BCUT2D eigenvalue weighted by molar-refractivity contribution is 6.00. The van der Waals surface area contributed by atoms with Crippen LogP contribution in [0.3, 0.4) is 0 Å². The summed E-state index contributed by atoms with van der Waals surface area (Å²) in [5.41, 5.74) is 4.46. The molecule has 9 heteroatoms. The number of nitrogens with zero attached hydrogens (tertiary/aromatic N) is 2. The molecule has 42 heavy (non-hydrogen) atoms. The summed E-state index contributed by atoms with van der Waals surface area (Å²) >= 11 is 0. The van der Waals surface area contributed by atoms with E-state index in [1.54, 1.807) is 41.2 Å². The monoisotopic (exact) mass is 571 g/mol. The summed E-state index contributed by atoms with van der Waals surface area (Å²) in [6.07, 6.45) is 5.70. The van der Waals surface area contributed by atoms with E-state index in [4.69, 9.17) is 4.74 Å². The first-order chi connectivity index (χ1) is 19.9. The van der Waals surface area contributed by atoms with Gasteiger partial charge in [-0.15, -0.1) is 0 Å². The molecule has 0 bridgehead atoms. The zero-order chi connectivity index (χ0) is 30.4. The quantitative estimate of drug-likeness (QED) is 0.162. The lowest BCUT2D eigenvalue weighted by Crippen LogP contribution is -2.29. The number of amides is 2. The Morgan fingerprint density at radius 2 is 1.83 bits per heavy atom. The fourth-order valence-electron chi connectivity index (χ4n) is 4.81. The Balaban J connectivity index is 1.70. The summed E-state index contributed by atoms with van der Waals surface area (Å²) in [7, 11) is 0. The first-order valence-corrected chi connectivity index (χ1v) is 14.4. The van der Waals surface area contributed by atoms with Crippen LogP contribution in [0.4, 0.5) is 16.2 Å². The number of aryl methyl sites for hydroxylation is 1. The highest BCUT2D eigenvalue weighted by atomic mass is 16.5. The van der Waals surface area contributed by atoms with Gasteiger partial charge in [0.25, 0.3) is 5.56 Å². The number of hydrogen-bond donors (Lipinski definition) is 4. The van der Waals surface area contributed by atoms with E-state index in [1.807, 2.05) is 38.1 Å². The van der Waals surface area contributed by atoms with Crippen molar-refractivity contribution < 1.29 is 14.6 Å². The molecule has 0 aliphatic rings. The van der Waals surface area contributed by atoms with Crippen LogP contribution in [0, 0.1) is 0 Å². The third-order valence-corrected chi connectivity index (χ3v) is 6.82. The van der Waals surface area contributed by atoms with Gasteiger partial charge >= 0.3 is 6.03 Å². The molecular formula is C33H41N5O4. The molecule has 0 saturated carbocycles. The van der Waals surface area contributed by atoms with Crippen LogP contribution in [-0.4, -0.2) is 32.0 Å². The van der Waals surface area contributed by atoms with Gasteiger partial charge in [-0.25, -0.2) is 4.79 Å². The maximum atomic E-state index is 13.5. The zero-order valence-electron chi connectivity index (χ0n) is 25.2.